The molecule has 0 atom stereocenters. The number of carboxylic acid groups (broad SMARTS) is 1. The molecule has 0 spiro atoms. The molecule has 0 N–H and O–H groups in total. The summed E-state index contributed by atoms with van der Waals surface area (Å²) in [5, 5.41) is 10.6. The number of amides is 1. The van der Waals surface area contributed by atoms with Gasteiger partial charge in [-0.15, -0.1) is 0 Å². The van der Waals surface area contributed by atoms with Crippen LogP contribution >= 0.6 is 24.0 Å². The molecule has 2 rings (SSSR count). The van der Waals surface area contributed by atoms with Crippen LogP contribution in [0.3, 0.4) is 0 Å². The number of hydrogen-bond donors (Lipinski definition) is 0. The third-order valence-electron chi connectivity index (χ3n) is 2.67. The van der Waals surface area contributed by atoms with E-state index in [1.54, 1.807) is 12.1 Å². The molecule has 1 aliphatic rings. The number of benzene rings is 1. The van der Waals surface area contributed by atoms with Crippen molar-refractivity contribution in [2.75, 3.05) is 13.2 Å². The maximum absolute atomic E-state index is 12.1. The molecule has 0 saturated carbocycles. The van der Waals surface area contributed by atoms with Gasteiger partial charge in [0.2, 0.25) is 0 Å². The molecule has 1 amide bonds. The van der Waals surface area contributed by atoms with Crippen LogP contribution in [0.25, 0.3) is 6.08 Å². The molecule has 0 aliphatic carbocycles. The van der Waals surface area contributed by atoms with Crippen molar-refractivity contribution in [1.29, 1.82) is 0 Å². The number of para-hydroxylation sites is 1. The number of hydrogen-bond acceptors (Lipinski definition) is 6. The fourth-order valence-electron chi connectivity index (χ4n) is 1.79. The first-order valence-corrected chi connectivity index (χ1v) is 7.42. The average Bonchev–Trinajstić information content (AvgIpc) is 2.69. The lowest BCUT2D eigenvalue weighted by atomic mass is 10.2. The van der Waals surface area contributed by atoms with E-state index in [4.69, 9.17) is 17.0 Å². The molecule has 5 nitrogen and oxygen atoms in total. The van der Waals surface area contributed by atoms with E-state index in [1.807, 2.05) is 25.1 Å². The molecule has 1 aliphatic heterocycles. The molecule has 1 saturated heterocycles. The Labute approximate surface area is 131 Å². The van der Waals surface area contributed by atoms with E-state index < -0.39 is 18.4 Å². The third kappa shape index (κ3) is 3.62. The van der Waals surface area contributed by atoms with E-state index in [1.165, 1.54) is 0 Å². The number of carbonyl (C=O) groups is 2. The summed E-state index contributed by atoms with van der Waals surface area (Å²) in [6.07, 6.45) is 1.65. The second kappa shape index (κ2) is 6.73. The largest absolute Gasteiger partial charge is 0.548 e. The maximum atomic E-state index is 12.1. The lowest BCUT2D eigenvalue weighted by Crippen LogP contribution is -2.40. The van der Waals surface area contributed by atoms with Crippen LogP contribution in [0.4, 0.5) is 0 Å². The Morgan fingerprint density at radius 2 is 2.19 bits per heavy atom. The zero-order chi connectivity index (χ0) is 15.4. The van der Waals surface area contributed by atoms with E-state index in [9.17, 15) is 14.7 Å². The molecule has 1 aromatic carbocycles. The molecule has 1 aromatic rings. The van der Waals surface area contributed by atoms with Gasteiger partial charge >= 0.3 is 0 Å². The van der Waals surface area contributed by atoms with E-state index in [2.05, 4.69) is 0 Å². The van der Waals surface area contributed by atoms with Crippen LogP contribution in [0.5, 0.6) is 5.75 Å². The van der Waals surface area contributed by atoms with Gasteiger partial charge in [0, 0.05) is 5.56 Å². The standard InChI is InChI=1S/C14H13NO4S2/c1-2-19-10-6-4-3-5-9(10)7-11-13(18)15(8-12(16)17)14(20)21-11/h3-7H,2,8H2,1H3,(H,16,17)/p-1/b11-7-. The summed E-state index contributed by atoms with van der Waals surface area (Å²) in [6.45, 7) is 1.85. The van der Waals surface area contributed by atoms with E-state index in [0.717, 1.165) is 22.2 Å². The molecular weight excluding hydrogens is 310 g/mol. The number of ether oxygens (including phenoxy) is 1. The monoisotopic (exact) mass is 322 g/mol. The first-order valence-electron chi connectivity index (χ1n) is 6.20. The Bertz CT molecular complexity index is 627. The van der Waals surface area contributed by atoms with Crippen LogP contribution in [-0.2, 0) is 9.59 Å². The fourth-order valence-corrected chi connectivity index (χ4v) is 3.04. The highest BCUT2D eigenvalue weighted by molar-refractivity contribution is 8.26. The topological polar surface area (TPSA) is 69.7 Å². The minimum Gasteiger partial charge on any atom is -0.548 e. The number of carboxylic acids is 1. The highest BCUT2D eigenvalue weighted by Crippen LogP contribution is 2.33. The molecule has 7 heteroatoms. The van der Waals surface area contributed by atoms with Gasteiger partial charge in [0.05, 0.1) is 24.0 Å². The van der Waals surface area contributed by atoms with E-state index >= 15 is 0 Å². The summed E-state index contributed by atoms with van der Waals surface area (Å²) in [6, 6.07) is 7.29. The van der Waals surface area contributed by atoms with Crippen LogP contribution in [0.15, 0.2) is 29.2 Å². The highest BCUT2D eigenvalue weighted by atomic mass is 32.2. The van der Waals surface area contributed by atoms with Gasteiger partial charge in [0.1, 0.15) is 10.1 Å². The van der Waals surface area contributed by atoms with Crippen molar-refractivity contribution < 1.29 is 19.4 Å². The third-order valence-corrected chi connectivity index (χ3v) is 4.04. The molecule has 0 aromatic heterocycles. The molecule has 1 heterocycles. The molecular formula is C14H12NO4S2-. The quantitative estimate of drug-likeness (QED) is 0.596. The van der Waals surface area contributed by atoms with E-state index in [0.29, 0.717) is 17.3 Å². The normalized spacial score (nSPS) is 16.6. The Balaban J connectivity index is 2.28. The Morgan fingerprint density at radius 1 is 1.48 bits per heavy atom. The predicted molar refractivity (Wildman–Crippen MR) is 82.5 cm³/mol. The SMILES string of the molecule is CCOc1ccccc1/C=C1\SC(=S)N(CC(=O)[O-])C1=O. The number of thiocarbonyl (C=S) groups is 1. The lowest BCUT2D eigenvalue weighted by molar-refractivity contribution is -0.305. The van der Waals surface area contributed by atoms with Crippen LogP contribution < -0.4 is 9.84 Å². The van der Waals surface area contributed by atoms with Crippen molar-refractivity contribution in [3.63, 3.8) is 0 Å². The summed E-state index contributed by atoms with van der Waals surface area (Å²) in [4.78, 5) is 24.2. The van der Waals surface area contributed by atoms with Gasteiger partial charge in [-0.25, -0.2) is 0 Å². The van der Waals surface area contributed by atoms with Gasteiger partial charge in [0.15, 0.2) is 0 Å². The van der Waals surface area contributed by atoms with Crippen molar-refractivity contribution in [3.05, 3.63) is 34.7 Å². The highest BCUT2D eigenvalue weighted by Gasteiger charge is 2.32. The van der Waals surface area contributed by atoms with Gasteiger partial charge < -0.3 is 14.6 Å². The number of carbonyl (C=O) groups excluding carboxylic acids is 2. The minimum atomic E-state index is -1.35. The molecule has 21 heavy (non-hydrogen) atoms. The second-order valence-corrected chi connectivity index (χ2v) is 5.79. The first kappa shape index (κ1) is 15.5. The van der Waals surface area contributed by atoms with Crippen molar-refractivity contribution in [2.45, 2.75) is 6.92 Å². The summed E-state index contributed by atoms with van der Waals surface area (Å²) in [5.41, 5.74) is 0.744. The first-order chi connectivity index (χ1) is 10.0. The van der Waals surface area contributed by atoms with Crippen molar-refractivity contribution in [3.8, 4) is 5.75 Å². The van der Waals surface area contributed by atoms with Gasteiger partial charge in [-0.2, -0.15) is 0 Å². The van der Waals surface area contributed by atoms with Crippen molar-refractivity contribution in [2.24, 2.45) is 0 Å². The fraction of sp³-hybridized carbons (Fsp3) is 0.214. The summed E-state index contributed by atoms with van der Waals surface area (Å²) in [5.74, 6) is -1.12. The summed E-state index contributed by atoms with van der Waals surface area (Å²) in [7, 11) is 0. The Hall–Kier alpha value is -1.86. The summed E-state index contributed by atoms with van der Waals surface area (Å²) < 4.78 is 5.70. The molecule has 110 valence electrons. The van der Waals surface area contributed by atoms with Crippen LogP contribution in [-0.4, -0.2) is 34.2 Å². The van der Waals surface area contributed by atoms with Gasteiger partial charge in [-0.05, 0) is 19.1 Å². The molecule has 0 bridgehead atoms. The van der Waals surface area contributed by atoms with Gasteiger partial charge in [0.25, 0.3) is 5.91 Å². The van der Waals surface area contributed by atoms with Gasteiger partial charge in [-0.3, -0.25) is 9.69 Å². The number of thioether (sulfide) groups is 1. The predicted octanol–water partition coefficient (Wildman–Crippen LogP) is 1.04. The zero-order valence-corrected chi connectivity index (χ0v) is 12.8. The molecule has 0 radical (unpaired) electrons. The maximum Gasteiger partial charge on any atom is 0.266 e. The lowest BCUT2D eigenvalue weighted by Gasteiger charge is -2.14. The average molecular weight is 322 g/mol. The summed E-state index contributed by atoms with van der Waals surface area (Å²) >= 11 is 6.09. The Kier molecular flexibility index (Phi) is 4.98. The van der Waals surface area contributed by atoms with Crippen LogP contribution in [0.2, 0.25) is 0 Å². The minimum absolute atomic E-state index is 0.212. The van der Waals surface area contributed by atoms with Gasteiger partial charge in [-0.1, -0.05) is 42.2 Å². The van der Waals surface area contributed by atoms with Crippen LogP contribution in [0.1, 0.15) is 12.5 Å². The zero-order valence-electron chi connectivity index (χ0n) is 11.2. The number of aliphatic carboxylic acids is 1. The smallest absolute Gasteiger partial charge is 0.266 e. The second-order valence-electron chi connectivity index (χ2n) is 4.11. The van der Waals surface area contributed by atoms with Crippen molar-refractivity contribution in [1.82, 2.24) is 4.90 Å². The number of nitrogens with zero attached hydrogens (tertiary/aromatic N) is 1. The Morgan fingerprint density at radius 3 is 2.86 bits per heavy atom. The van der Waals surface area contributed by atoms with E-state index in [-0.39, 0.29) is 4.32 Å². The van der Waals surface area contributed by atoms with Crippen molar-refractivity contribution >= 4 is 46.3 Å². The molecule has 1 fully saturated rings. The van der Waals surface area contributed by atoms with Crippen LogP contribution in [0, 0.1) is 0 Å². The molecule has 0 unspecified atom stereocenters. The number of rotatable bonds is 5.